The number of aliphatic hydroxyl groups excluding tert-OH is 1. The predicted molar refractivity (Wildman–Crippen MR) is 344 cm³/mol. The summed E-state index contributed by atoms with van der Waals surface area (Å²) in [5.74, 6) is 0.838. The molecule has 0 heterocycles. The molecule has 0 aliphatic carbocycles. The zero-order valence-corrected chi connectivity index (χ0v) is 57.7. The van der Waals surface area contributed by atoms with E-state index >= 15 is 0 Å². The highest BCUT2D eigenvalue weighted by Gasteiger charge is 2.30. The number of ether oxygens (including phenoxy) is 4. The first kappa shape index (κ1) is 84.1. The van der Waals surface area contributed by atoms with Crippen LogP contribution in [0.3, 0.4) is 0 Å². The van der Waals surface area contributed by atoms with Crippen LogP contribution in [-0.2, 0) is 65.4 Å². The van der Waals surface area contributed by atoms with Crippen LogP contribution in [0.1, 0.15) is 325 Å². The number of rotatable bonds is 64. The highest BCUT2D eigenvalue weighted by Crippen LogP contribution is 2.45. The van der Waals surface area contributed by atoms with Crippen molar-refractivity contribution in [3.05, 3.63) is 0 Å². The summed E-state index contributed by atoms with van der Waals surface area (Å²) in [5, 5.41) is 10.6. The Kier molecular flexibility index (Phi) is 55.7. The maximum absolute atomic E-state index is 13.0. The molecule has 510 valence electrons. The van der Waals surface area contributed by atoms with Gasteiger partial charge in [0.25, 0.3) is 0 Å². The lowest BCUT2D eigenvalue weighted by atomic mass is 9.99. The molecular weight excluding hydrogens is 1140 g/mol. The lowest BCUT2D eigenvalue weighted by Gasteiger charge is -2.21. The van der Waals surface area contributed by atoms with E-state index in [4.69, 9.17) is 37.0 Å². The molecule has 86 heavy (non-hydrogen) atoms. The summed E-state index contributed by atoms with van der Waals surface area (Å²) in [6, 6.07) is 0. The number of carbonyl (C=O) groups is 4. The van der Waals surface area contributed by atoms with Gasteiger partial charge in [-0.2, -0.15) is 0 Å². The van der Waals surface area contributed by atoms with Gasteiger partial charge in [-0.15, -0.1) is 0 Å². The standard InChI is InChI=1S/C67H130O17P2/c1-9-59(7)45-37-29-20-13-11-12-14-24-33-41-49-66(71)83-62(53-77-65(70)48-40-32-23-18-16-21-30-38-46-60(8)10-2)55-81-85(73,74)79-51-61(68)52-80-86(75,76)82-56-63(84-67(72)50-42-34-26-25-28-36-44-58(5)6)54-78-64(69)47-39-31-22-17-15-19-27-35-43-57(3)4/h57-63,68H,9-56H2,1-8H3,(H,73,74)(H,75,76)/t59?,60?,61?,62-,63-/m1/s1. The Bertz CT molecular complexity index is 1720. The quantitative estimate of drug-likeness (QED) is 0.0222. The summed E-state index contributed by atoms with van der Waals surface area (Å²) >= 11 is 0. The summed E-state index contributed by atoms with van der Waals surface area (Å²) in [7, 11) is -9.90. The van der Waals surface area contributed by atoms with Crippen LogP contribution < -0.4 is 0 Å². The van der Waals surface area contributed by atoms with E-state index in [0.29, 0.717) is 31.6 Å². The van der Waals surface area contributed by atoms with Crippen molar-refractivity contribution in [2.45, 2.75) is 343 Å². The van der Waals surface area contributed by atoms with E-state index in [9.17, 15) is 43.2 Å². The molecule has 0 aliphatic heterocycles. The Morgan fingerprint density at radius 1 is 0.326 bits per heavy atom. The third-order valence-electron chi connectivity index (χ3n) is 16.0. The third kappa shape index (κ3) is 58.4. The molecule has 7 atom stereocenters. The first-order valence-corrected chi connectivity index (χ1v) is 37.8. The molecule has 5 unspecified atom stereocenters. The van der Waals surface area contributed by atoms with Crippen LogP contribution in [0.15, 0.2) is 0 Å². The lowest BCUT2D eigenvalue weighted by Crippen LogP contribution is -2.30. The van der Waals surface area contributed by atoms with Crippen molar-refractivity contribution in [3.63, 3.8) is 0 Å². The number of esters is 4. The van der Waals surface area contributed by atoms with Crippen LogP contribution in [0, 0.1) is 23.7 Å². The van der Waals surface area contributed by atoms with Gasteiger partial charge >= 0.3 is 39.5 Å². The maximum atomic E-state index is 13.0. The fourth-order valence-corrected chi connectivity index (χ4v) is 11.5. The Balaban J connectivity index is 5.26. The summed E-state index contributed by atoms with van der Waals surface area (Å²) < 4.78 is 68.1. The van der Waals surface area contributed by atoms with Gasteiger partial charge in [-0.05, 0) is 49.4 Å². The minimum Gasteiger partial charge on any atom is -0.462 e. The minimum absolute atomic E-state index is 0.101. The number of aliphatic hydroxyl groups is 1. The highest BCUT2D eigenvalue weighted by molar-refractivity contribution is 7.47. The van der Waals surface area contributed by atoms with Crippen LogP contribution in [0.5, 0.6) is 0 Å². The van der Waals surface area contributed by atoms with Gasteiger partial charge in [0.1, 0.15) is 19.3 Å². The first-order valence-electron chi connectivity index (χ1n) is 34.8. The third-order valence-corrected chi connectivity index (χ3v) is 17.9. The van der Waals surface area contributed by atoms with Crippen LogP contribution in [0.2, 0.25) is 0 Å². The molecule has 0 aromatic rings. The highest BCUT2D eigenvalue weighted by atomic mass is 31.2. The lowest BCUT2D eigenvalue weighted by molar-refractivity contribution is -0.161. The van der Waals surface area contributed by atoms with Crippen molar-refractivity contribution in [3.8, 4) is 0 Å². The molecule has 0 spiro atoms. The summed E-state index contributed by atoms with van der Waals surface area (Å²) in [6.45, 7) is 14.0. The van der Waals surface area contributed by atoms with Gasteiger partial charge in [0.15, 0.2) is 12.2 Å². The van der Waals surface area contributed by atoms with E-state index in [-0.39, 0.29) is 25.7 Å². The van der Waals surface area contributed by atoms with Crippen molar-refractivity contribution >= 4 is 39.5 Å². The van der Waals surface area contributed by atoms with Gasteiger partial charge in [-0.25, -0.2) is 9.13 Å². The number of phosphoric ester groups is 2. The molecule has 0 fully saturated rings. The molecule has 0 aromatic heterocycles. The van der Waals surface area contributed by atoms with Gasteiger partial charge in [-0.3, -0.25) is 37.3 Å². The van der Waals surface area contributed by atoms with E-state index in [1.165, 1.54) is 128 Å². The van der Waals surface area contributed by atoms with E-state index < -0.39 is 97.5 Å². The SMILES string of the molecule is CCC(C)CCCCCCCCCCCCC(=O)O[C@H](COC(=O)CCCCCCCCCCC(C)CC)COP(=O)(O)OCC(O)COP(=O)(O)OC[C@@H](COC(=O)CCCCCCCCCCC(C)C)OC(=O)CCCCCCCCC(C)C. The summed E-state index contributed by atoms with van der Waals surface area (Å²) in [6.07, 6.45) is 37.6. The molecule has 0 aromatic carbocycles. The second-order valence-corrected chi connectivity index (χ2v) is 28.6. The van der Waals surface area contributed by atoms with Gasteiger partial charge in [0, 0.05) is 25.7 Å². The molecule has 0 aliphatic rings. The topological polar surface area (TPSA) is 237 Å². The van der Waals surface area contributed by atoms with Crippen LogP contribution in [0.4, 0.5) is 0 Å². The van der Waals surface area contributed by atoms with Crippen LogP contribution >= 0.6 is 15.6 Å². The fraction of sp³-hybridized carbons (Fsp3) is 0.940. The van der Waals surface area contributed by atoms with Crippen molar-refractivity contribution < 1.29 is 80.2 Å². The number of carbonyl (C=O) groups excluding carboxylic acids is 4. The zero-order chi connectivity index (χ0) is 63.9. The molecule has 0 bridgehead atoms. The van der Waals surface area contributed by atoms with Crippen molar-refractivity contribution in [1.82, 2.24) is 0 Å². The Morgan fingerprint density at radius 3 is 0.826 bits per heavy atom. The largest absolute Gasteiger partial charge is 0.472 e. The molecule has 0 saturated carbocycles. The maximum Gasteiger partial charge on any atom is 0.472 e. The van der Waals surface area contributed by atoms with Crippen molar-refractivity contribution in [2.24, 2.45) is 23.7 Å². The van der Waals surface area contributed by atoms with Crippen LogP contribution in [0.25, 0.3) is 0 Å². The monoisotopic (exact) mass is 1270 g/mol. The molecule has 0 saturated heterocycles. The summed E-state index contributed by atoms with van der Waals surface area (Å²) in [5.41, 5.74) is 0. The van der Waals surface area contributed by atoms with E-state index in [1.54, 1.807) is 0 Å². The number of hydrogen-bond acceptors (Lipinski definition) is 15. The Morgan fingerprint density at radius 2 is 0.558 bits per heavy atom. The normalized spacial score (nSPS) is 15.0. The Labute approximate surface area is 524 Å². The smallest absolute Gasteiger partial charge is 0.462 e. The first-order chi connectivity index (χ1) is 41.2. The van der Waals surface area contributed by atoms with Crippen molar-refractivity contribution in [2.75, 3.05) is 39.6 Å². The number of unbranched alkanes of at least 4 members (excludes halogenated alkanes) is 28. The number of phosphoric acid groups is 2. The summed E-state index contributed by atoms with van der Waals surface area (Å²) in [4.78, 5) is 72.4. The second-order valence-electron chi connectivity index (χ2n) is 25.6. The molecule has 19 heteroatoms. The van der Waals surface area contributed by atoms with Gasteiger partial charge in [0.05, 0.1) is 26.4 Å². The number of hydrogen-bond donors (Lipinski definition) is 3. The van der Waals surface area contributed by atoms with Gasteiger partial charge in [-0.1, -0.05) is 274 Å². The van der Waals surface area contributed by atoms with Gasteiger partial charge < -0.3 is 33.8 Å². The zero-order valence-electron chi connectivity index (χ0n) is 55.9. The minimum atomic E-state index is -4.95. The van der Waals surface area contributed by atoms with E-state index in [2.05, 4.69) is 55.4 Å². The molecule has 0 amide bonds. The average molecular weight is 1270 g/mol. The molecule has 0 radical (unpaired) electrons. The van der Waals surface area contributed by atoms with E-state index in [0.717, 1.165) is 108 Å². The fourth-order valence-electron chi connectivity index (χ4n) is 9.89. The van der Waals surface area contributed by atoms with Gasteiger partial charge in [0.2, 0.25) is 0 Å². The average Bonchev–Trinajstić information content (AvgIpc) is 3.69. The molecule has 17 nitrogen and oxygen atoms in total. The van der Waals surface area contributed by atoms with Crippen molar-refractivity contribution in [1.29, 1.82) is 0 Å². The van der Waals surface area contributed by atoms with Crippen LogP contribution in [-0.4, -0.2) is 96.7 Å². The predicted octanol–water partition coefficient (Wildman–Crippen LogP) is 18.5. The molecule has 0 rings (SSSR count). The van der Waals surface area contributed by atoms with E-state index in [1.807, 2.05) is 0 Å². The second kappa shape index (κ2) is 57.0. The molecular formula is C67H130O17P2. The molecule has 3 N–H and O–H groups in total. The Hall–Kier alpha value is -1.94.